The van der Waals surface area contributed by atoms with Crippen LogP contribution in [0.4, 0.5) is 0 Å². The van der Waals surface area contributed by atoms with E-state index in [0.29, 0.717) is 6.42 Å². The second-order valence-electron chi connectivity index (χ2n) is 29.1. The van der Waals surface area contributed by atoms with Gasteiger partial charge in [0.1, 0.15) is 77.4 Å². The van der Waals surface area contributed by atoms with Gasteiger partial charge in [0.25, 0.3) is 0 Å². The molecular formula is C76H91Cl2N7O27. The highest BCUT2D eigenvalue weighted by molar-refractivity contribution is 6.32. The number of benzene rings is 5. The summed E-state index contributed by atoms with van der Waals surface area (Å²) < 4.78 is 44.8. The number of halogens is 2. The van der Waals surface area contributed by atoms with Crippen LogP contribution in [0.15, 0.2) is 78.9 Å². The summed E-state index contributed by atoms with van der Waals surface area (Å²) in [6.07, 6.45) is -19.8. The fourth-order valence-corrected chi connectivity index (χ4v) is 14.7. The Labute approximate surface area is 650 Å². The zero-order chi connectivity index (χ0) is 81.6. The molecule has 20 N–H and O–H groups in total. The van der Waals surface area contributed by atoms with Gasteiger partial charge >= 0.3 is 11.9 Å². The number of carbonyl (C=O) groups is 9. The molecule has 36 heteroatoms. The van der Waals surface area contributed by atoms with Crippen LogP contribution >= 0.6 is 23.2 Å². The molecule has 2 saturated heterocycles. The first-order valence-electron chi connectivity index (χ1n) is 36.3. The number of aliphatic carboxylic acids is 2. The standard InChI is InChI=1S/C76H91Cl2N7O27/c1-6-7-8-9-16-106-53(73(102)103)29-81-76(5)28-56(107-32(4)68(76)97)111-67-65(96)64(95)54(30-86)110-75(67)112-66-51-22-36-23-52(66)109-50-15-12-35(20-43(50)78)63(94)61-72(101)83-59(74(104)105)41-25-38(87)26-46(89)57(41)40-18-33(10-13-45(40)88)39(70(99)85-61)27-48(91)58(36)82-69(98)37(24-55(80)92)21-47(90)60(84-71(100)44(79)17-31(2)3)62(93)34-11-14-49(108-51)42(77)19-34/h10-15,18-20,22-23,25-26,31-32,37,39,44,53-54,56,58-65,67-68,75,81,86-89,93-97H,6-9,16-17,21,24,27-30,79H2,1-5H3,(H2,80,92)(H,82,98)(H,83,101)(H,84,100)(H,85,99)(H,102,103)(H,104,105)/t32?,37-,39?,44+,53?,54?,56?,58+,59+,60?,61-,62+,63+,64?,65?,67?,68?,75?,76?/m0/s1. The van der Waals surface area contributed by atoms with Crippen LogP contribution in [0, 0.1) is 11.8 Å². The van der Waals surface area contributed by atoms with E-state index in [0.717, 1.165) is 86.0 Å². The number of fused-ring (bicyclic) bond motifs is 15. The molecule has 5 aromatic carbocycles. The third kappa shape index (κ3) is 19.3. The molecule has 34 nitrogen and oxygen atoms in total. The van der Waals surface area contributed by atoms with Crippen molar-refractivity contribution in [3.05, 3.63) is 117 Å². The molecule has 606 valence electrons. The number of Topliss-reactive ketones (excluding diaryl/α,β-unsaturated/α-hetero) is 2. The number of hydrogen-bond acceptors (Lipinski definition) is 27. The Bertz CT molecular complexity index is 4380. The first kappa shape index (κ1) is 85.1. The molecule has 11 bridgehead atoms. The molecule has 19 atom stereocenters. The van der Waals surface area contributed by atoms with Gasteiger partial charge in [-0.1, -0.05) is 81.4 Å². The Morgan fingerprint density at radius 2 is 1.38 bits per heavy atom. The molecule has 112 heavy (non-hydrogen) atoms. The maximum Gasteiger partial charge on any atom is 0.334 e. The molecule has 0 spiro atoms. The predicted molar refractivity (Wildman–Crippen MR) is 392 cm³/mol. The van der Waals surface area contributed by atoms with Crippen molar-refractivity contribution in [3.63, 3.8) is 0 Å². The highest BCUT2D eigenvalue weighted by atomic mass is 35.5. The Morgan fingerprint density at radius 3 is 1.99 bits per heavy atom. The molecule has 0 radical (unpaired) electrons. The van der Waals surface area contributed by atoms with Crippen LogP contribution in [0.2, 0.25) is 10.0 Å². The Balaban J connectivity index is 1.19. The number of nitrogens with two attached hydrogens (primary N) is 2. The van der Waals surface area contributed by atoms with E-state index in [4.69, 9.17) is 67.8 Å². The zero-order valence-corrected chi connectivity index (χ0v) is 62.8. The lowest BCUT2D eigenvalue weighted by molar-refractivity contribution is -0.334. The number of amides is 5. The molecule has 0 aliphatic carbocycles. The molecule has 2 fully saturated rings. The number of nitrogens with one attached hydrogen (secondary N) is 5. The van der Waals surface area contributed by atoms with Gasteiger partial charge in [-0.3, -0.25) is 33.6 Å². The lowest BCUT2D eigenvalue weighted by Gasteiger charge is -2.48. The van der Waals surface area contributed by atoms with E-state index in [2.05, 4.69) is 26.6 Å². The van der Waals surface area contributed by atoms with Crippen LogP contribution in [0.3, 0.4) is 0 Å². The van der Waals surface area contributed by atoms with Crippen molar-refractivity contribution in [1.82, 2.24) is 26.6 Å². The van der Waals surface area contributed by atoms with Gasteiger partial charge in [-0.2, -0.15) is 0 Å². The lowest BCUT2D eigenvalue weighted by Crippen LogP contribution is -2.66. The number of unbranched alkanes of at least 4 members (excludes halogenated alkanes) is 3. The minimum atomic E-state index is -2.28. The first-order chi connectivity index (χ1) is 53.0. The summed E-state index contributed by atoms with van der Waals surface area (Å²) in [6.45, 7) is 7.35. The first-order valence-corrected chi connectivity index (χ1v) is 37.0. The van der Waals surface area contributed by atoms with Gasteiger partial charge < -0.3 is 127 Å². The number of rotatable bonds is 22. The van der Waals surface area contributed by atoms with Gasteiger partial charge in [0.05, 0.1) is 46.7 Å². The number of ether oxygens (including phenoxy) is 7. The third-order valence-electron chi connectivity index (χ3n) is 20.3. The predicted octanol–water partition coefficient (Wildman–Crippen LogP) is 3.50. The van der Waals surface area contributed by atoms with E-state index < -0.39 is 262 Å². The summed E-state index contributed by atoms with van der Waals surface area (Å²) >= 11 is 14.2. The number of carboxylic acid groups (broad SMARTS) is 2. The summed E-state index contributed by atoms with van der Waals surface area (Å²) in [4.78, 5) is 130. The summed E-state index contributed by atoms with van der Waals surface area (Å²) in [6, 6.07) is 3.81. The second-order valence-corrected chi connectivity index (χ2v) is 29.9. The lowest BCUT2D eigenvalue weighted by atomic mass is 9.84. The summed E-state index contributed by atoms with van der Waals surface area (Å²) in [5.74, 6) is -20.6. The molecule has 7 aliphatic heterocycles. The number of primary amides is 1. The summed E-state index contributed by atoms with van der Waals surface area (Å²) in [7, 11) is 0. The monoisotopic (exact) mass is 1600 g/mol. The maximum atomic E-state index is 16.3. The SMILES string of the molecule is CCCCCCOC(CNC1(C)CC(OC2C(Oc3c4cc5cc3Oc3ccc(cc3Cl)[C@@H](O)[C@@H]3NC(=O)C(CC(=O)[C@@H]5NC(=O)[C@H](CC(N)=O)CC(=O)C(NC(=O)[C@H](N)CC(C)C)[C@H](O)c5ccc(c(Cl)c5)O4)c4ccc(O)c(c4)-c4c(O)cc(O)cc4[C@H](C(=O)O)NC3=O)OC(CO)C(O)C2O)OC(C)C1O)C(=O)O. The molecule has 7 heterocycles. The largest absolute Gasteiger partial charge is 0.508 e. The van der Waals surface area contributed by atoms with Crippen LogP contribution in [0.5, 0.6) is 46.0 Å². The quantitative estimate of drug-likeness (QED) is 0.0441. The van der Waals surface area contributed by atoms with Crippen LogP contribution in [-0.4, -0.2) is 208 Å². The Hall–Kier alpha value is -9.37. The molecule has 5 aromatic rings. The number of hydrogen-bond donors (Lipinski definition) is 18. The van der Waals surface area contributed by atoms with Crippen molar-refractivity contribution in [2.75, 3.05) is 19.8 Å². The van der Waals surface area contributed by atoms with Gasteiger partial charge in [0.2, 0.25) is 41.6 Å². The van der Waals surface area contributed by atoms with Gasteiger partial charge in [0, 0.05) is 67.1 Å². The van der Waals surface area contributed by atoms with E-state index in [1.165, 1.54) is 19.1 Å². The number of aliphatic hydroxyl groups excluding tert-OH is 6. The van der Waals surface area contributed by atoms with E-state index >= 15 is 14.4 Å². The molecule has 7 aliphatic rings. The topological polar surface area (TPSA) is 553 Å². The van der Waals surface area contributed by atoms with Gasteiger partial charge in [-0.05, 0) is 109 Å². The van der Waals surface area contributed by atoms with Crippen LogP contribution in [-0.2, 0) is 62.1 Å². The summed E-state index contributed by atoms with van der Waals surface area (Å²) in [5, 5.41) is 138. The highest BCUT2D eigenvalue weighted by Crippen LogP contribution is 2.50. The Morgan fingerprint density at radius 1 is 0.732 bits per heavy atom. The molecular weight excluding hydrogens is 1510 g/mol. The van der Waals surface area contributed by atoms with Crippen molar-refractivity contribution in [2.45, 2.75) is 202 Å². The van der Waals surface area contributed by atoms with Crippen molar-refractivity contribution >= 4 is 76.2 Å². The maximum absolute atomic E-state index is 16.3. The summed E-state index contributed by atoms with van der Waals surface area (Å²) in [5.41, 5.74) is 7.98. The van der Waals surface area contributed by atoms with Crippen LogP contribution in [0.1, 0.15) is 150 Å². The van der Waals surface area contributed by atoms with E-state index in [1.54, 1.807) is 20.8 Å². The minimum absolute atomic E-state index is 0.0839. The second kappa shape index (κ2) is 36.2. The fraction of sp³-hybridized carbons (Fsp3) is 0.487. The zero-order valence-electron chi connectivity index (χ0n) is 61.3. The van der Waals surface area contributed by atoms with Gasteiger partial charge in [-0.15, -0.1) is 0 Å². The van der Waals surface area contributed by atoms with Crippen molar-refractivity contribution in [2.24, 2.45) is 23.3 Å². The average Bonchev–Trinajstić information content (AvgIpc) is 0.767. The molecule has 12 unspecified atom stereocenters. The third-order valence-corrected chi connectivity index (χ3v) is 20.9. The number of aliphatic hydroxyl groups is 6. The van der Waals surface area contributed by atoms with Crippen LogP contribution in [0.25, 0.3) is 11.1 Å². The number of aromatic hydroxyl groups is 3. The van der Waals surface area contributed by atoms with E-state index in [9.17, 15) is 84.9 Å². The number of carboxylic acids is 2. The van der Waals surface area contributed by atoms with Crippen molar-refractivity contribution in [3.8, 4) is 57.1 Å². The fourth-order valence-electron chi connectivity index (χ4n) is 14.3. The molecule has 5 amide bonds. The number of phenols is 3. The van der Waals surface area contributed by atoms with Gasteiger partial charge in [-0.25, -0.2) is 9.59 Å². The van der Waals surface area contributed by atoms with Crippen molar-refractivity contribution in [1.29, 1.82) is 0 Å². The molecule has 12 rings (SSSR count). The number of ketones is 2. The number of phenolic OH excluding ortho intramolecular Hbond substituents is 3. The van der Waals surface area contributed by atoms with E-state index in [1.807, 2.05) is 6.92 Å². The molecule has 0 aromatic heterocycles. The average molecular weight is 1610 g/mol. The smallest absolute Gasteiger partial charge is 0.334 e. The minimum Gasteiger partial charge on any atom is -0.508 e. The van der Waals surface area contributed by atoms with Crippen molar-refractivity contribution < 1.29 is 132 Å². The van der Waals surface area contributed by atoms with Gasteiger partial charge in [0.15, 0.2) is 47.6 Å². The highest BCUT2D eigenvalue weighted by Gasteiger charge is 2.52. The van der Waals surface area contributed by atoms with E-state index in [-0.39, 0.29) is 59.4 Å². The van der Waals surface area contributed by atoms with Crippen LogP contribution < -0.4 is 52.3 Å². The molecule has 0 saturated carbocycles. The number of carbonyl (C=O) groups excluding carboxylic acids is 7. The normalized spacial score (nSPS) is 28.1. The Kier molecular flexibility index (Phi) is 27.5.